The SMILES string of the molecule is C=CCOn1c(=O)n(Cc2ccc(OC)cc2)c2nc(N)nc(OCc3ccccc3)c21. The fourth-order valence-electron chi connectivity index (χ4n) is 3.23. The Balaban J connectivity index is 1.79. The summed E-state index contributed by atoms with van der Waals surface area (Å²) in [4.78, 5) is 27.4. The maximum absolute atomic E-state index is 13.2. The number of benzene rings is 2. The Morgan fingerprint density at radius 3 is 2.50 bits per heavy atom. The predicted molar refractivity (Wildman–Crippen MR) is 121 cm³/mol. The van der Waals surface area contributed by atoms with Crippen molar-refractivity contribution < 1.29 is 14.3 Å². The number of nitrogen functional groups attached to an aromatic ring is 1. The molecule has 0 radical (unpaired) electrons. The third kappa shape index (κ3) is 4.27. The van der Waals surface area contributed by atoms with E-state index in [2.05, 4.69) is 16.5 Å². The van der Waals surface area contributed by atoms with Crippen molar-refractivity contribution in [3.63, 3.8) is 0 Å². The lowest BCUT2D eigenvalue weighted by Crippen LogP contribution is -2.29. The van der Waals surface area contributed by atoms with Crippen LogP contribution in [0.25, 0.3) is 11.2 Å². The van der Waals surface area contributed by atoms with Gasteiger partial charge in [-0.15, -0.1) is 4.73 Å². The van der Waals surface area contributed by atoms with E-state index < -0.39 is 5.69 Å². The highest BCUT2D eigenvalue weighted by Gasteiger charge is 2.22. The average Bonchev–Trinajstić information content (AvgIpc) is 3.08. The van der Waals surface area contributed by atoms with Crippen molar-refractivity contribution in [1.29, 1.82) is 0 Å². The first-order valence-electron chi connectivity index (χ1n) is 9.93. The Bertz CT molecular complexity index is 1280. The first-order chi connectivity index (χ1) is 15.6. The monoisotopic (exact) mass is 433 g/mol. The van der Waals surface area contributed by atoms with Gasteiger partial charge < -0.3 is 20.0 Å². The number of fused-ring (bicyclic) bond motifs is 1. The number of anilines is 1. The quantitative estimate of drug-likeness (QED) is 0.404. The largest absolute Gasteiger partial charge is 0.497 e. The van der Waals surface area contributed by atoms with Crippen LogP contribution >= 0.6 is 0 Å². The van der Waals surface area contributed by atoms with Crippen molar-refractivity contribution in [3.8, 4) is 11.6 Å². The first kappa shape index (κ1) is 21.0. The number of nitrogens with zero attached hydrogens (tertiary/aromatic N) is 4. The average molecular weight is 433 g/mol. The molecule has 164 valence electrons. The summed E-state index contributed by atoms with van der Waals surface area (Å²) < 4.78 is 13.7. The molecule has 0 aliphatic heterocycles. The summed E-state index contributed by atoms with van der Waals surface area (Å²) in [5.41, 5.74) is 7.95. The molecule has 0 amide bonds. The molecule has 9 nitrogen and oxygen atoms in total. The second-order valence-electron chi connectivity index (χ2n) is 6.93. The number of rotatable bonds is 9. The molecule has 2 N–H and O–H groups in total. The van der Waals surface area contributed by atoms with Crippen LogP contribution in [0.2, 0.25) is 0 Å². The van der Waals surface area contributed by atoms with Crippen LogP contribution in [-0.2, 0) is 13.2 Å². The van der Waals surface area contributed by atoms with Crippen LogP contribution in [0.3, 0.4) is 0 Å². The molecular formula is C23H23N5O4. The van der Waals surface area contributed by atoms with Gasteiger partial charge in [0.1, 0.15) is 19.0 Å². The number of ether oxygens (including phenoxy) is 2. The summed E-state index contributed by atoms with van der Waals surface area (Å²) in [7, 11) is 1.60. The van der Waals surface area contributed by atoms with Crippen molar-refractivity contribution >= 4 is 17.1 Å². The molecule has 0 saturated heterocycles. The van der Waals surface area contributed by atoms with Crippen molar-refractivity contribution in [2.45, 2.75) is 13.2 Å². The number of methoxy groups -OCH3 is 1. The second kappa shape index (κ2) is 9.25. The molecule has 2 aromatic heterocycles. The van der Waals surface area contributed by atoms with Crippen molar-refractivity contribution in [2.24, 2.45) is 0 Å². The van der Waals surface area contributed by atoms with Gasteiger partial charge in [-0.2, -0.15) is 9.97 Å². The van der Waals surface area contributed by atoms with E-state index in [1.54, 1.807) is 13.2 Å². The minimum Gasteiger partial charge on any atom is -0.497 e. The molecule has 9 heteroatoms. The Morgan fingerprint density at radius 1 is 1.06 bits per heavy atom. The molecule has 0 unspecified atom stereocenters. The van der Waals surface area contributed by atoms with Crippen LogP contribution in [0.15, 0.2) is 72.0 Å². The summed E-state index contributed by atoms with van der Waals surface area (Å²) in [6, 6.07) is 17.0. The van der Waals surface area contributed by atoms with E-state index in [4.69, 9.17) is 20.0 Å². The van der Waals surface area contributed by atoms with Gasteiger partial charge in [0.15, 0.2) is 11.2 Å². The van der Waals surface area contributed by atoms with Gasteiger partial charge >= 0.3 is 5.69 Å². The van der Waals surface area contributed by atoms with Crippen LogP contribution in [-0.4, -0.2) is 33.0 Å². The zero-order chi connectivity index (χ0) is 22.5. The number of hydrogen-bond donors (Lipinski definition) is 1. The van der Waals surface area contributed by atoms with Gasteiger partial charge in [0.05, 0.1) is 13.7 Å². The van der Waals surface area contributed by atoms with Crippen molar-refractivity contribution in [3.05, 3.63) is 88.9 Å². The third-order valence-electron chi connectivity index (χ3n) is 4.75. The van der Waals surface area contributed by atoms with E-state index in [0.29, 0.717) is 11.2 Å². The molecule has 4 aromatic rings. The van der Waals surface area contributed by atoms with Crippen LogP contribution < -0.4 is 25.7 Å². The predicted octanol–water partition coefficient (Wildman–Crippen LogP) is 2.43. The summed E-state index contributed by atoms with van der Waals surface area (Å²) in [5.74, 6) is 0.872. The lowest BCUT2D eigenvalue weighted by Gasteiger charge is -2.09. The van der Waals surface area contributed by atoms with E-state index >= 15 is 0 Å². The maximum Gasteiger partial charge on any atom is 0.363 e. The van der Waals surface area contributed by atoms with Crippen LogP contribution in [0, 0.1) is 0 Å². The Morgan fingerprint density at radius 2 is 1.81 bits per heavy atom. The van der Waals surface area contributed by atoms with E-state index in [0.717, 1.165) is 21.6 Å². The van der Waals surface area contributed by atoms with Gasteiger partial charge in [0.2, 0.25) is 11.8 Å². The van der Waals surface area contributed by atoms with Crippen LogP contribution in [0.1, 0.15) is 11.1 Å². The third-order valence-corrected chi connectivity index (χ3v) is 4.75. The summed E-state index contributed by atoms with van der Waals surface area (Å²) in [6.45, 7) is 4.25. The molecule has 2 aromatic carbocycles. The smallest absolute Gasteiger partial charge is 0.363 e. The highest BCUT2D eigenvalue weighted by molar-refractivity contribution is 5.78. The first-order valence-corrected chi connectivity index (χ1v) is 9.93. The van der Waals surface area contributed by atoms with E-state index in [9.17, 15) is 4.79 Å². The molecule has 0 saturated carbocycles. The maximum atomic E-state index is 13.2. The zero-order valence-corrected chi connectivity index (χ0v) is 17.6. The van der Waals surface area contributed by atoms with Gasteiger partial charge in [-0.3, -0.25) is 4.57 Å². The molecule has 0 bridgehead atoms. The normalized spacial score (nSPS) is 10.8. The highest BCUT2D eigenvalue weighted by Crippen LogP contribution is 2.24. The molecular weight excluding hydrogens is 410 g/mol. The van der Waals surface area contributed by atoms with Gasteiger partial charge in [-0.05, 0) is 23.3 Å². The van der Waals surface area contributed by atoms with Crippen LogP contribution in [0.5, 0.6) is 11.6 Å². The Kier molecular flexibility index (Phi) is 6.07. The zero-order valence-electron chi connectivity index (χ0n) is 17.6. The fourth-order valence-corrected chi connectivity index (χ4v) is 3.23. The molecule has 0 aliphatic carbocycles. The summed E-state index contributed by atoms with van der Waals surface area (Å²) in [6.07, 6.45) is 1.54. The van der Waals surface area contributed by atoms with Gasteiger partial charge in [-0.25, -0.2) is 4.79 Å². The fraction of sp³-hybridized carbons (Fsp3) is 0.174. The lowest BCUT2D eigenvalue weighted by atomic mass is 10.2. The van der Waals surface area contributed by atoms with Crippen molar-refractivity contribution in [2.75, 3.05) is 19.5 Å². The van der Waals surface area contributed by atoms with Gasteiger partial charge in [0.25, 0.3) is 0 Å². The highest BCUT2D eigenvalue weighted by atomic mass is 16.7. The molecule has 32 heavy (non-hydrogen) atoms. The molecule has 4 rings (SSSR count). The van der Waals surface area contributed by atoms with Crippen molar-refractivity contribution in [1.82, 2.24) is 19.3 Å². The minimum atomic E-state index is -0.429. The number of hydrogen-bond acceptors (Lipinski definition) is 7. The molecule has 0 fully saturated rings. The van der Waals surface area contributed by atoms with E-state index in [-0.39, 0.29) is 31.6 Å². The Hall–Kier alpha value is -4.27. The standard InChI is InChI=1S/C23H23N5O4/c1-3-13-32-28-19-20(27(23(28)29)14-16-9-11-18(30-2)12-10-16)25-22(24)26-21(19)31-15-17-7-5-4-6-8-17/h3-12H,1,13-15H2,2H3,(H2,24,25,26). The van der Waals surface area contributed by atoms with Gasteiger partial charge in [0, 0.05) is 0 Å². The summed E-state index contributed by atoms with van der Waals surface area (Å²) in [5, 5.41) is 0. The van der Waals surface area contributed by atoms with Crippen LogP contribution in [0.4, 0.5) is 5.95 Å². The second-order valence-corrected chi connectivity index (χ2v) is 6.93. The lowest BCUT2D eigenvalue weighted by molar-refractivity contribution is 0.132. The minimum absolute atomic E-state index is 0.00934. The topological polar surface area (TPSA) is 106 Å². The molecule has 0 spiro atoms. The van der Waals surface area contributed by atoms with E-state index in [1.807, 2.05) is 54.6 Å². The number of nitrogens with two attached hydrogens (primary N) is 1. The van der Waals surface area contributed by atoms with Gasteiger partial charge in [-0.1, -0.05) is 55.1 Å². The Labute approximate surface area is 184 Å². The van der Waals surface area contributed by atoms with E-state index in [1.165, 1.54) is 4.57 Å². The molecule has 0 atom stereocenters. The number of aromatic nitrogens is 4. The summed E-state index contributed by atoms with van der Waals surface area (Å²) >= 11 is 0. The molecule has 2 heterocycles. The number of imidazole rings is 1. The molecule has 0 aliphatic rings.